The molecule has 1 unspecified atom stereocenters. The van der Waals surface area contributed by atoms with Gasteiger partial charge in [-0.25, -0.2) is 9.18 Å². The summed E-state index contributed by atoms with van der Waals surface area (Å²) < 4.78 is 32.1. The molecule has 1 amide bonds. The number of carbonyl (C=O) groups excluding carboxylic acids is 2. The summed E-state index contributed by atoms with van der Waals surface area (Å²) in [4.78, 5) is 34.2. The van der Waals surface area contributed by atoms with Gasteiger partial charge in [-0.1, -0.05) is 0 Å². The Labute approximate surface area is 163 Å². The van der Waals surface area contributed by atoms with Crippen LogP contribution in [-0.2, 0) is 15.3 Å². The number of esters is 1. The molecule has 0 aliphatic rings. The molecule has 0 bridgehead atoms. The zero-order valence-electron chi connectivity index (χ0n) is 14.9. The van der Waals surface area contributed by atoms with Crippen molar-refractivity contribution in [2.75, 3.05) is 11.6 Å². The highest BCUT2D eigenvalue weighted by molar-refractivity contribution is 7.97. The smallest absolute Gasteiger partial charge is 0.338 e. The topological polar surface area (TPSA) is 98.5 Å². The van der Waals surface area contributed by atoms with Crippen molar-refractivity contribution in [3.8, 4) is 0 Å². The normalized spacial score (nSPS) is 11.6. The van der Waals surface area contributed by atoms with Crippen LogP contribution in [0.25, 0.3) is 0 Å². The Kier molecular flexibility index (Phi) is 7.05. The van der Waals surface area contributed by atoms with Crippen LogP contribution in [0.1, 0.15) is 22.8 Å². The van der Waals surface area contributed by atoms with Crippen LogP contribution in [0.3, 0.4) is 0 Å². The van der Waals surface area contributed by atoms with Gasteiger partial charge in [0.25, 0.3) is 5.91 Å². The van der Waals surface area contributed by atoms with Gasteiger partial charge in [-0.05, 0) is 49.1 Å². The molecule has 0 spiro atoms. The molecule has 1 atom stereocenters. The third-order valence-corrected chi connectivity index (χ3v) is 4.24. The third kappa shape index (κ3) is 5.26. The average molecular weight is 410 g/mol. The van der Waals surface area contributed by atoms with Gasteiger partial charge in [-0.15, -0.1) is 0 Å². The molecule has 0 saturated carbocycles. The molecule has 0 fully saturated rings. The molecule has 0 aliphatic heterocycles. The second-order valence-corrected chi connectivity index (χ2v) is 6.57. The molecule has 7 nitrogen and oxygen atoms in total. The van der Waals surface area contributed by atoms with Gasteiger partial charge in [0.1, 0.15) is 5.82 Å². The van der Waals surface area contributed by atoms with Gasteiger partial charge in [0.05, 0.1) is 10.5 Å². The quantitative estimate of drug-likeness (QED) is 0.422. The molecular weight excluding hydrogens is 394 g/mol. The van der Waals surface area contributed by atoms with Gasteiger partial charge in [0.2, 0.25) is 5.82 Å². The van der Waals surface area contributed by atoms with Crippen LogP contribution in [0.5, 0.6) is 0 Å². The first-order valence-corrected chi connectivity index (χ1v) is 9.35. The second kappa shape index (κ2) is 9.27. The summed E-state index contributed by atoms with van der Waals surface area (Å²) in [6, 6.07) is 6.58. The highest BCUT2D eigenvalue weighted by Crippen LogP contribution is 2.22. The first-order chi connectivity index (χ1) is 13.2. The number of halogens is 2. The summed E-state index contributed by atoms with van der Waals surface area (Å²) in [6.07, 6.45) is 0.544. The Balaban J connectivity index is 2.06. The van der Waals surface area contributed by atoms with Crippen LogP contribution in [0.2, 0.25) is 0 Å². The number of anilines is 1. The van der Waals surface area contributed by atoms with Gasteiger partial charge in [0, 0.05) is 17.5 Å². The van der Waals surface area contributed by atoms with Gasteiger partial charge in [0.15, 0.2) is 6.10 Å². The average Bonchev–Trinajstić information content (AvgIpc) is 2.64. The third-order valence-electron chi connectivity index (χ3n) is 3.64. The van der Waals surface area contributed by atoms with Crippen molar-refractivity contribution in [3.63, 3.8) is 0 Å². The van der Waals surface area contributed by atoms with Crippen LogP contribution in [0, 0.1) is 21.7 Å². The Bertz CT molecular complexity index is 923. The number of amides is 1. The first kappa shape index (κ1) is 21.3. The van der Waals surface area contributed by atoms with E-state index in [0.29, 0.717) is 11.3 Å². The second-order valence-electron chi connectivity index (χ2n) is 5.70. The molecule has 2 rings (SSSR count). The molecule has 1 N–H and O–H groups in total. The fourth-order valence-corrected chi connectivity index (χ4v) is 2.76. The predicted molar refractivity (Wildman–Crippen MR) is 100 cm³/mol. The SMILES string of the molecule is CSCc1cc(C(=O)OC(C)C(=O)Nc2ccc(F)c([N+](=O)[O-])c2)ccc1F. The summed E-state index contributed by atoms with van der Waals surface area (Å²) in [5.41, 5.74) is -0.402. The predicted octanol–water partition coefficient (Wildman–Crippen LogP) is 3.92. The lowest BCUT2D eigenvalue weighted by atomic mass is 10.1. The number of hydrogen-bond donors (Lipinski definition) is 1. The zero-order valence-corrected chi connectivity index (χ0v) is 15.7. The molecule has 28 heavy (non-hydrogen) atoms. The summed E-state index contributed by atoms with van der Waals surface area (Å²) in [5.74, 6) is -2.71. The van der Waals surface area contributed by atoms with E-state index in [1.165, 1.54) is 30.8 Å². The van der Waals surface area contributed by atoms with Crippen LogP contribution in [0.4, 0.5) is 20.2 Å². The highest BCUT2D eigenvalue weighted by Gasteiger charge is 2.21. The number of carbonyl (C=O) groups is 2. The summed E-state index contributed by atoms with van der Waals surface area (Å²) >= 11 is 1.38. The molecule has 0 radical (unpaired) electrons. The zero-order chi connectivity index (χ0) is 20.8. The maximum atomic E-state index is 13.7. The van der Waals surface area contributed by atoms with Crippen LogP contribution in [0.15, 0.2) is 36.4 Å². The van der Waals surface area contributed by atoms with Crippen molar-refractivity contribution < 1.29 is 28.0 Å². The minimum Gasteiger partial charge on any atom is -0.449 e. The molecule has 0 saturated heterocycles. The number of benzene rings is 2. The van der Waals surface area contributed by atoms with Crippen LogP contribution in [-0.4, -0.2) is 29.2 Å². The van der Waals surface area contributed by atoms with E-state index in [9.17, 15) is 28.5 Å². The number of nitrogens with one attached hydrogen (secondary N) is 1. The van der Waals surface area contributed by atoms with Crippen molar-refractivity contribution in [1.29, 1.82) is 0 Å². The van der Waals surface area contributed by atoms with E-state index in [2.05, 4.69) is 5.32 Å². The Morgan fingerprint density at radius 3 is 2.54 bits per heavy atom. The summed E-state index contributed by atoms with van der Waals surface area (Å²) in [7, 11) is 0. The fraction of sp³-hybridized carbons (Fsp3) is 0.222. The first-order valence-electron chi connectivity index (χ1n) is 7.96. The molecular formula is C18H16F2N2O5S. The number of ether oxygens (including phenoxy) is 1. The molecule has 148 valence electrons. The van der Waals surface area contributed by atoms with E-state index in [0.717, 1.165) is 24.3 Å². The Morgan fingerprint density at radius 1 is 1.21 bits per heavy atom. The standard InChI is InChI=1S/C18H16F2N2O5S/c1-10(17(23)21-13-4-6-15(20)16(8-13)22(25)26)27-18(24)11-3-5-14(19)12(7-11)9-28-2/h3-8,10H,9H2,1-2H3,(H,21,23). The van der Waals surface area contributed by atoms with Crippen molar-refractivity contribution in [3.05, 3.63) is 69.3 Å². The molecule has 0 aromatic heterocycles. The van der Waals surface area contributed by atoms with Gasteiger partial charge >= 0.3 is 11.7 Å². The molecule has 10 heteroatoms. The van der Waals surface area contributed by atoms with E-state index >= 15 is 0 Å². The largest absolute Gasteiger partial charge is 0.449 e. The number of rotatable bonds is 7. The van der Waals surface area contributed by atoms with E-state index in [4.69, 9.17) is 4.74 Å². The van der Waals surface area contributed by atoms with Crippen LogP contribution >= 0.6 is 11.8 Å². The number of nitrogens with zero attached hydrogens (tertiary/aromatic N) is 1. The molecule has 0 aliphatic carbocycles. The monoisotopic (exact) mass is 410 g/mol. The van der Waals surface area contributed by atoms with Gasteiger partial charge in [-0.3, -0.25) is 14.9 Å². The van der Waals surface area contributed by atoms with Crippen molar-refractivity contribution in [2.24, 2.45) is 0 Å². The maximum absolute atomic E-state index is 13.7. The van der Waals surface area contributed by atoms with E-state index < -0.39 is 40.2 Å². The fourth-order valence-electron chi connectivity index (χ4n) is 2.22. The lowest BCUT2D eigenvalue weighted by Crippen LogP contribution is -2.30. The van der Waals surface area contributed by atoms with Crippen molar-refractivity contribution in [2.45, 2.75) is 18.8 Å². The van der Waals surface area contributed by atoms with E-state index in [1.807, 2.05) is 0 Å². The number of nitro benzene ring substituents is 1. The number of thioether (sulfide) groups is 1. The molecule has 2 aromatic rings. The Hall–Kier alpha value is -3.01. The minimum absolute atomic E-state index is 0.0231. The van der Waals surface area contributed by atoms with Crippen molar-refractivity contribution in [1.82, 2.24) is 0 Å². The van der Waals surface area contributed by atoms with Gasteiger partial charge in [-0.2, -0.15) is 16.2 Å². The van der Waals surface area contributed by atoms with Crippen molar-refractivity contribution >= 4 is 35.0 Å². The van der Waals surface area contributed by atoms with Crippen LogP contribution < -0.4 is 5.32 Å². The summed E-state index contributed by atoms with van der Waals surface area (Å²) in [6.45, 7) is 1.30. The van der Waals surface area contributed by atoms with E-state index in [1.54, 1.807) is 6.26 Å². The lowest BCUT2D eigenvalue weighted by Gasteiger charge is -2.14. The maximum Gasteiger partial charge on any atom is 0.338 e. The summed E-state index contributed by atoms with van der Waals surface area (Å²) in [5, 5.41) is 13.1. The minimum atomic E-state index is -1.24. The number of nitro groups is 1. The lowest BCUT2D eigenvalue weighted by molar-refractivity contribution is -0.387. The van der Waals surface area contributed by atoms with E-state index in [-0.39, 0.29) is 11.3 Å². The highest BCUT2D eigenvalue weighted by atomic mass is 32.2. The molecule has 0 heterocycles. The van der Waals surface area contributed by atoms with Gasteiger partial charge < -0.3 is 10.1 Å². The Morgan fingerprint density at radius 2 is 1.89 bits per heavy atom. The molecule has 2 aromatic carbocycles. The number of hydrogen-bond acceptors (Lipinski definition) is 6.